The number of carboxylic acid groups (broad SMARTS) is 1. The van der Waals surface area contributed by atoms with Crippen LogP contribution in [0.2, 0.25) is 0 Å². The molecule has 0 spiro atoms. The molecule has 0 aliphatic rings. The lowest BCUT2D eigenvalue weighted by Crippen LogP contribution is -2.09. The van der Waals surface area contributed by atoms with Gasteiger partial charge in [-0.05, 0) is 34.1 Å². The Balaban J connectivity index is 2.33. The predicted molar refractivity (Wildman–Crippen MR) is 74.5 cm³/mol. The van der Waals surface area contributed by atoms with E-state index in [9.17, 15) is 9.59 Å². The molecule has 0 saturated carbocycles. The molecule has 2 rings (SSSR count). The summed E-state index contributed by atoms with van der Waals surface area (Å²) in [6, 6.07) is 5.77. The lowest BCUT2D eigenvalue weighted by molar-refractivity contribution is 0.0696. The lowest BCUT2D eigenvalue weighted by atomic mass is 10.2. The number of carboxylic acids is 1. The number of hydrogen-bond acceptors (Lipinski definition) is 5. The van der Waals surface area contributed by atoms with Gasteiger partial charge in [-0.3, -0.25) is 4.79 Å². The highest BCUT2D eigenvalue weighted by Crippen LogP contribution is 2.32. The Morgan fingerprint density at radius 2 is 2.16 bits per heavy atom. The third kappa shape index (κ3) is 3.36. The van der Waals surface area contributed by atoms with E-state index in [-0.39, 0.29) is 16.9 Å². The predicted octanol–water partition coefficient (Wildman–Crippen LogP) is 1.96. The van der Waals surface area contributed by atoms with E-state index in [0.717, 1.165) is 4.90 Å². The molecule has 4 N–H and O–H groups in total. The van der Waals surface area contributed by atoms with Crippen molar-refractivity contribution < 1.29 is 9.90 Å². The van der Waals surface area contributed by atoms with Gasteiger partial charge in [-0.2, -0.15) is 0 Å². The highest BCUT2D eigenvalue weighted by Gasteiger charge is 2.09. The summed E-state index contributed by atoms with van der Waals surface area (Å²) in [6.45, 7) is 0. The van der Waals surface area contributed by atoms with Gasteiger partial charge >= 0.3 is 5.97 Å². The lowest BCUT2D eigenvalue weighted by Gasteiger charge is -2.05. The topological polar surface area (TPSA) is 109 Å². The average molecular weight is 342 g/mol. The minimum absolute atomic E-state index is 0.129. The Labute approximate surface area is 120 Å². The van der Waals surface area contributed by atoms with E-state index < -0.39 is 5.97 Å². The average Bonchev–Trinajstić information content (AvgIpc) is 2.30. The van der Waals surface area contributed by atoms with Crippen LogP contribution in [-0.2, 0) is 0 Å². The zero-order chi connectivity index (χ0) is 14.0. The van der Waals surface area contributed by atoms with E-state index in [0.29, 0.717) is 9.63 Å². The zero-order valence-electron chi connectivity index (χ0n) is 9.38. The Kier molecular flexibility index (Phi) is 3.91. The van der Waals surface area contributed by atoms with Crippen molar-refractivity contribution in [1.82, 2.24) is 9.97 Å². The number of carbonyl (C=O) groups is 1. The third-order valence-electron chi connectivity index (χ3n) is 2.13. The van der Waals surface area contributed by atoms with Crippen molar-refractivity contribution in [2.24, 2.45) is 0 Å². The van der Waals surface area contributed by atoms with Gasteiger partial charge in [0.15, 0.2) is 5.16 Å². The number of H-pyrrole nitrogens is 1. The molecule has 0 radical (unpaired) electrons. The van der Waals surface area contributed by atoms with Gasteiger partial charge in [-0.25, -0.2) is 9.78 Å². The summed E-state index contributed by atoms with van der Waals surface area (Å²) in [5, 5.41) is 9.20. The molecule has 0 unspecified atom stereocenters. The van der Waals surface area contributed by atoms with Crippen LogP contribution in [0.4, 0.5) is 5.82 Å². The number of nitrogen functional groups attached to an aromatic ring is 1. The van der Waals surface area contributed by atoms with Crippen molar-refractivity contribution in [2.45, 2.75) is 10.1 Å². The van der Waals surface area contributed by atoms with Gasteiger partial charge in [0.05, 0.1) is 5.56 Å². The number of hydrogen-bond donors (Lipinski definition) is 3. The fraction of sp³-hybridized carbons (Fsp3) is 0. The Hall–Kier alpha value is -1.80. The van der Waals surface area contributed by atoms with Crippen molar-refractivity contribution in [3.8, 4) is 0 Å². The molecule has 0 bridgehead atoms. The molecule has 2 aromatic rings. The maximum absolute atomic E-state index is 11.3. The number of benzene rings is 1. The standard InChI is InChI=1S/C11H8BrN3O3S/c12-6-3-5(10(17)18)1-2-7(6)19-11-14-8(13)4-9(16)15-11/h1-4H,(H,17,18)(H3,13,14,15,16). The monoisotopic (exact) mass is 341 g/mol. The summed E-state index contributed by atoms with van der Waals surface area (Å²) >= 11 is 4.45. The Morgan fingerprint density at radius 3 is 2.74 bits per heavy atom. The molecule has 1 heterocycles. The van der Waals surface area contributed by atoms with E-state index in [4.69, 9.17) is 10.8 Å². The quantitative estimate of drug-likeness (QED) is 0.736. The summed E-state index contributed by atoms with van der Waals surface area (Å²) in [6.07, 6.45) is 0. The van der Waals surface area contributed by atoms with E-state index >= 15 is 0 Å². The van der Waals surface area contributed by atoms with Crippen LogP contribution in [0.15, 0.2) is 43.6 Å². The molecule has 0 fully saturated rings. The Bertz CT molecular complexity index is 702. The van der Waals surface area contributed by atoms with Crippen LogP contribution >= 0.6 is 27.7 Å². The van der Waals surface area contributed by atoms with Gasteiger partial charge in [-0.15, -0.1) is 0 Å². The van der Waals surface area contributed by atoms with E-state index in [1.54, 1.807) is 6.07 Å². The van der Waals surface area contributed by atoms with Gasteiger partial charge in [-0.1, -0.05) is 11.8 Å². The number of aromatic amines is 1. The fourth-order valence-electron chi connectivity index (χ4n) is 1.32. The first-order valence-electron chi connectivity index (χ1n) is 5.03. The van der Waals surface area contributed by atoms with Crippen LogP contribution in [-0.4, -0.2) is 21.0 Å². The van der Waals surface area contributed by atoms with Crippen molar-refractivity contribution in [3.05, 3.63) is 44.7 Å². The summed E-state index contributed by atoms with van der Waals surface area (Å²) < 4.78 is 0.600. The fourth-order valence-corrected chi connectivity index (χ4v) is 2.75. The molecule has 98 valence electrons. The molecular weight excluding hydrogens is 334 g/mol. The Morgan fingerprint density at radius 1 is 1.42 bits per heavy atom. The molecule has 0 saturated heterocycles. The van der Waals surface area contributed by atoms with Gasteiger partial charge in [0.2, 0.25) is 0 Å². The summed E-state index contributed by atoms with van der Waals surface area (Å²) in [5.41, 5.74) is 5.31. The first-order valence-corrected chi connectivity index (χ1v) is 6.64. The summed E-state index contributed by atoms with van der Waals surface area (Å²) in [4.78, 5) is 29.3. The van der Waals surface area contributed by atoms with Gasteiger partial charge in [0.1, 0.15) is 5.82 Å². The highest BCUT2D eigenvalue weighted by molar-refractivity contribution is 9.10. The molecule has 8 heteroatoms. The zero-order valence-corrected chi connectivity index (χ0v) is 11.8. The SMILES string of the molecule is Nc1cc(=O)[nH]c(Sc2ccc(C(=O)O)cc2Br)n1. The van der Waals surface area contributed by atoms with Crippen LogP contribution < -0.4 is 11.3 Å². The van der Waals surface area contributed by atoms with Gasteiger partial charge in [0.25, 0.3) is 5.56 Å². The number of aromatic carboxylic acids is 1. The second-order valence-electron chi connectivity index (χ2n) is 3.53. The van der Waals surface area contributed by atoms with Crippen LogP contribution in [0.3, 0.4) is 0 Å². The number of rotatable bonds is 3. The molecular formula is C11H8BrN3O3S. The molecule has 0 amide bonds. The van der Waals surface area contributed by atoms with Crippen LogP contribution in [0.25, 0.3) is 0 Å². The number of halogens is 1. The molecule has 0 aliphatic carbocycles. The molecule has 1 aromatic carbocycles. The highest BCUT2D eigenvalue weighted by atomic mass is 79.9. The number of nitrogens with two attached hydrogens (primary N) is 1. The second-order valence-corrected chi connectivity index (χ2v) is 5.41. The second kappa shape index (κ2) is 5.45. The van der Waals surface area contributed by atoms with Crippen LogP contribution in [0.5, 0.6) is 0 Å². The van der Waals surface area contributed by atoms with E-state index in [2.05, 4.69) is 25.9 Å². The minimum atomic E-state index is -1.01. The first-order chi connectivity index (χ1) is 8.95. The number of nitrogens with zero attached hydrogens (tertiary/aromatic N) is 1. The molecule has 0 atom stereocenters. The maximum atomic E-state index is 11.3. The normalized spacial score (nSPS) is 10.4. The minimum Gasteiger partial charge on any atom is -0.478 e. The van der Waals surface area contributed by atoms with Crippen LogP contribution in [0, 0.1) is 0 Å². The third-order valence-corrected chi connectivity index (χ3v) is 4.01. The van der Waals surface area contributed by atoms with Gasteiger partial charge < -0.3 is 15.8 Å². The largest absolute Gasteiger partial charge is 0.478 e. The van der Waals surface area contributed by atoms with Crippen molar-refractivity contribution >= 4 is 39.5 Å². The van der Waals surface area contributed by atoms with Crippen molar-refractivity contribution in [3.63, 3.8) is 0 Å². The number of aromatic nitrogens is 2. The van der Waals surface area contributed by atoms with E-state index in [1.807, 2.05) is 0 Å². The molecule has 19 heavy (non-hydrogen) atoms. The molecule has 0 aliphatic heterocycles. The summed E-state index contributed by atoms with van der Waals surface area (Å²) in [7, 11) is 0. The van der Waals surface area contributed by atoms with E-state index in [1.165, 1.54) is 30.0 Å². The van der Waals surface area contributed by atoms with Gasteiger partial charge in [0, 0.05) is 15.4 Å². The number of nitrogens with one attached hydrogen (secondary N) is 1. The summed E-state index contributed by atoms with van der Waals surface area (Å²) in [5.74, 6) is -0.878. The smallest absolute Gasteiger partial charge is 0.335 e. The number of anilines is 1. The first kappa shape index (κ1) is 13.6. The molecule has 6 nitrogen and oxygen atoms in total. The van der Waals surface area contributed by atoms with Crippen LogP contribution in [0.1, 0.15) is 10.4 Å². The maximum Gasteiger partial charge on any atom is 0.335 e. The molecule has 1 aromatic heterocycles. The van der Waals surface area contributed by atoms with Crippen molar-refractivity contribution in [1.29, 1.82) is 0 Å². The van der Waals surface area contributed by atoms with Crippen molar-refractivity contribution in [2.75, 3.05) is 5.73 Å².